The predicted octanol–water partition coefficient (Wildman–Crippen LogP) is 3.42. The Balaban J connectivity index is 1.89. The third-order valence-corrected chi connectivity index (χ3v) is 3.99. The normalized spacial score (nSPS) is 11.4. The van der Waals surface area contributed by atoms with E-state index >= 15 is 0 Å². The number of benzene rings is 2. The molecule has 0 unspecified atom stereocenters. The highest BCUT2D eigenvalue weighted by Crippen LogP contribution is 2.25. The average molecular weight is 376 g/mol. The van der Waals surface area contributed by atoms with Crippen LogP contribution in [0.25, 0.3) is 0 Å². The lowest BCUT2D eigenvalue weighted by atomic mass is 10.2. The molecule has 0 bridgehead atoms. The first-order valence-electron chi connectivity index (χ1n) is 8.13. The van der Waals surface area contributed by atoms with E-state index in [1.807, 2.05) is 24.3 Å². The zero-order valence-corrected chi connectivity index (χ0v) is 15.7. The second kappa shape index (κ2) is 9.10. The molecule has 138 valence electrons. The van der Waals surface area contributed by atoms with Gasteiger partial charge in [-0.05, 0) is 42.8 Å². The van der Waals surface area contributed by atoms with E-state index in [2.05, 4.69) is 16.0 Å². The van der Waals surface area contributed by atoms with Gasteiger partial charge < -0.3 is 20.7 Å². The first-order valence-corrected chi connectivity index (χ1v) is 8.51. The lowest BCUT2D eigenvalue weighted by Crippen LogP contribution is -2.37. The van der Waals surface area contributed by atoms with Crippen LogP contribution in [0.3, 0.4) is 0 Å². The van der Waals surface area contributed by atoms with Gasteiger partial charge >= 0.3 is 0 Å². The minimum atomic E-state index is -0.448. The fraction of sp³-hybridized carbons (Fsp3) is 0.263. The summed E-state index contributed by atoms with van der Waals surface area (Å²) in [6.45, 7) is 3.60. The maximum Gasteiger partial charge on any atom is 0.242 e. The Bertz CT molecular complexity index is 778. The summed E-state index contributed by atoms with van der Waals surface area (Å²) < 4.78 is 5.11. The Morgan fingerprint density at radius 3 is 2.42 bits per heavy atom. The summed E-state index contributed by atoms with van der Waals surface area (Å²) in [4.78, 5) is 23.3. The van der Waals surface area contributed by atoms with E-state index in [0.29, 0.717) is 22.9 Å². The second-order valence-corrected chi connectivity index (χ2v) is 6.21. The lowest BCUT2D eigenvalue weighted by molar-refractivity contribution is -0.121. The molecule has 2 rings (SSSR count). The van der Waals surface area contributed by atoms with Gasteiger partial charge in [-0.2, -0.15) is 0 Å². The molecular weight excluding hydrogens is 354 g/mol. The molecule has 0 aromatic heterocycles. The lowest BCUT2D eigenvalue weighted by Gasteiger charge is -2.16. The summed E-state index contributed by atoms with van der Waals surface area (Å²) >= 11 is 6.14. The number of amides is 2. The molecule has 1 atom stereocenters. The third-order valence-electron chi connectivity index (χ3n) is 3.68. The first kappa shape index (κ1) is 19.6. The maximum atomic E-state index is 12.3. The van der Waals surface area contributed by atoms with Crippen LogP contribution in [0.15, 0.2) is 42.5 Å². The minimum absolute atomic E-state index is 0.136. The van der Waals surface area contributed by atoms with Crippen molar-refractivity contribution in [2.45, 2.75) is 26.4 Å². The zero-order valence-electron chi connectivity index (χ0n) is 14.9. The van der Waals surface area contributed by atoms with E-state index in [1.54, 1.807) is 32.2 Å². The zero-order chi connectivity index (χ0) is 19.1. The molecular formula is C19H22ClN3O3. The highest BCUT2D eigenvalue weighted by Gasteiger charge is 2.13. The van der Waals surface area contributed by atoms with Gasteiger partial charge in [0.05, 0.1) is 17.8 Å². The van der Waals surface area contributed by atoms with E-state index < -0.39 is 6.04 Å². The van der Waals surface area contributed by atoms with E-state index in [4.69, 9.17) is 16.3 Å². The van der Waals surface area contributed by atoms with Gasteiger partial charge in [-0.3, -0.25) is 9.59 Å². The minimum Gasteiger partial charge on any atom is -0.497 e. The third kappa shape index (κ3) is 5.67. The molecule has 7 heteroatoms. The number of hydrogen-bond acceptors (Lipinski definition) is 4. The Kier molecular flexibility index (Phi) is 6.86. The number of rotatable bonds is 7. The first-order chi connectivity index (χ1) is 12.4. The van der Waals surface area contributed by atoms with E-state index in [-0.39, 0.29) is 11.8 Å². The molecule has 2 aromatic carbocycles. The smallest absolute Gasteiger partial charge is 0.242 e. The second-order valence-electron chi connectivity index (χ2n) is 5.81. The van der Waals surface area contributed by atoms with Gasteiger partial charge in [0.15, 0.2) is 0 Å². The standard InChI is InChI=1S/C19H22ClN3O3/c1-12(19(25)21-11-14-4-7-16(26-3)8-5-14)22-15-6-9-18(17(20)10-15)23-13(2)24/h4-10,12,22H,11H2,1-3H3,(H,21,25)(H,23,24)/t12-/m1/s1. The Hall–Kier alpha value is -2.73. The molecule has 0 saturated heterocycles. The van der Waals surface area contributed by atoms with Crippen molar-refractivity contribution in [3.8, 4) is 5.75 Å². The van der Waals surface area contributed by atoms with Crippen molar-refractivity contribution in [3.05, 3.63) is 53.1 Å². The molecule has 0 saturated carbocycles. The molecule has 0 spiro atoms. The Morgan fingerprint density at radius 2 is 1.85 bits per heavy atom. The summed E-state index contributed by atoms with van der Waals surface area (Å²) in [7, 11) is 1.61. The predicted molar refractivity (Wildman–Crippen MR) is 104 cm³/mol. The van der Waals surface area contributed by atoms with Crippen molar-refractivity contribution in [2.24, 2.45) is 0 Å². The molecule has 0 aliphatic heterocycles. The van der Waals surface area contributed by atoms with Crippen LogP contribution in [0.1, 0.15) is 19.4 Å². The Labute approximate surface area is 157 Å². The van der Waals surface area contributed by atoms with Crippen molar-refractivity contribution in [2.75, 3.05) is 17.7 Å². The van der Waals surface area contributed by atoms with E-state index in [0.717, 1.165) is 11.3 Å². The van der Waals surface area contributed by atoms with Crippen LogP contribution in [0.2, 0.25) is 5.02 Å². The van der Waals surface area contributed by atoms with Crippen molar-refractivity contribution in [1.82, 2.24) is 5.32 Å². The number of nitrogens with one attached hydrogen (secondary N) is 3. The largest absolute Gasteiger partial charge is 0.497 e. The van der Waals surface area contributed by atoms with Crippen molar-refractivity contribution < 1.29 is 14.3 Å². The van der Waals surface area contributed by atoms with Gasteiger partial charge in [0.2, 0.25) is 11.8 Å². The summed E-state index contributed by atoms with van der Waals surface area (Å²) in [5.74, 6) is 0.441. The van der Waals surface area contributed by atoms with Gasteiger partial charge in [-0.25, -0.2) is 0 Å². The summed E-state index contributed by atoms with van der Waals surface area (Å²) in [6, 6.07) is 12.2. The van der Waals surface area contributed by atoms with Crippen molar-refractivity contribution in [1.29, 1.82) is 0 Å². The van der Waals surface area contributed by atoms with Crippen LogP contribution >= 0.6 is 11.6 Å². The average Bonchev–Trinajstić information content (AvgIpc) is 2.62. The molecule has 6 nitrogen and oxygen atoms in total. The molecule has 3 N–H and O–H groups in total. The number of anilines is 2. The highest BCUT2D eigenvalue weighted by atomic mass is 35.5. The van der Waals surface area contributed by atoms with Gasteiger partial charge in [0.25, 0.3) is 0 Å². The summed E-state index contributed by atoms with van der Waals surface area (Å²) in [6.07, 6.45) is 0. The molecule has 0 aliphatic rings. The number of hydrogen-bond donors (Lipinski definition) is 3. The van der Waals surface area contributed by atoms with E-state index in [1.165, 1.54) is 6.92 Å². The fourth-order valence-corrected chi connectivity index (χ4v) is 2.52. The number of halogens is 1. The van der Waals surface area contributed by atoms with Crippen LogP contribution < -0.4 is 20.7 Å². The van der Waals surface area contributed by atoms with Crippen LogP contribution in [-0.2, 0) is 16.1 Å². The number of ether oxygens (including phenoxy) is 1. The molecule has 2 aromatic rings. The van der Waals surface area contributed by atoms with Gasteiger partial charge in [0.1, 0.15) is 11.8 Å². The number of carbonyl (C=O) groups excluding carboxylic acids is 2. The van der Waals surface area contributed by atoms with E-state index in [9.17, 15) is 9.59 Å². The number of carbonyl (C=O) groups is 2. The molecule has 0 aliphatic carbocycles. The molecule has 0 heterocycles. The summed E-state index contributed by atoms with van der Waals surface area (Å²) in [5.41, 5.74) is 2.20. The highest BCUT2D eigenvalue weighted by molar-refractivity contribution is 6.34. The Morgan fingerprint density at radius 1 is 1.15 bits per heavy atom. The van der Waals surface area contributed by atoms with Crippen LogP contribution in [-0.4, -0.2) is 25.0 Å². The monoisotopic (exact) mass is 375 g/mol. The molecule has 0 radical (unpaired) electrons. The van der Waals surface area contributed by atoms with Crippen molar-refractivity contribution >= 4 is 34.8 Å². The van der Waals surface area contributed by atoms with Crippen LogP contribution in [0.5, 0.6) is 5.75 Å². The van der Waals surface area contributed by atoms with Gasteiger partial charge in [0, 0.05) is 19.2 Å². The maximum absolute atomic E-state index is 12.3. The van der Waals surface area contributed by atoms with Gasteiger partial charge in [-0.1, -0.05) is 23.7 Å². The van der Waals surface area contributed by atoms with Crippen LogP contribution in [0.4, 0.5) is 11.4 Å². The van der Waals surface area contributed by atoms with Crippen LogP contribution in [0, 0.1) is 0 Å². The quantitative estimate of drug-likeness (QED) is 0.692. The fourth-order valence-electron chi connectivity index (χ4n) is 2.30. The molecule has 0 fully saturated rings. The van der Waals surface area contributed by atoms with Crippen molar-refractivity contribution in [3.63, 3.8) is 0 Å². The summed E-state index contributed by atoms with van der Waals surface area (Å²) in [5, 5.41) is 9.00. The number of methoxy groups -OCH3 is 1. The van der Waals surface area contributed by atoms with Gasteiger partial charge in [-0.15, -0.1) is 0 Å². The molecule has 26 heavy (non-hydrogen) atoms. The molecule has 2 amide bonds. The topological polar surface area (TPSA) is 79.5 Å². The SMILES string of the molecule is COc1ccc(CNC(=O)[C@@H](C)Nc2ccc(NC(C)=O)c(Cl)c2)cc1.